The van der Waals surface area contributed by atoms with Crippen LogP contribution in [-0.2, 0) is 13.2 Å². The molecule has 0 bridgehead atoms. The number of piperidine rings is 1. The topological polar surface area (TPSA) is 66.8 Å². The van der Waals surface area contributed by atoms with E-state index in [1.807, 2.05) is 0 Å². The van der Waals surface area contributed by atoms with Gasteiger partial charge in [-0.05, 0) is 12.8 Å². The van der Waals surface area contributed by atoms with Crippen molar-refractivity contribution in [3.63, 3.8) is 0 Å². The van der Waals surface area contributed by atoms with E-state index in [0.29, 0.717) is 30.9 Å². The van der Waals surface area contributed by atoms with Gasteiger partial charge in [0.1, 0.15) is 5.82 Å². The number of halogens is 3. The molecule has 1 aliphatic heterocycles. The van der Waals surface area contributed by atoms with E-state index in [-0.39, 0.29) is 11.8 Å². The molecule has 0 aromatic carbocycles. The van der Waals surface area contributed by atoms with Gasteiger partial charge in [-0.1, -0.05) is 0 Å². The fourth-order valence-corrected chi connectivity index (χ4v) is 2.92. The Morgan fingerprint density at radius 3 is 2.83 bits per heavy atom. The molecule has 0 radical (unpaired) electrons. The SMILES string of the molecule is Cn1cc(C(F)(F)F)nc1[C@H]1CCCN(C(=O)c2cn[nH]c2)C1. The van der Waals surface area contributed by atoms with E-state index in [4.69, 9.17) is 0 Å². The monoisotopic (exact) mass is 327 g/mol. The molecule has 2 aromatic heterocycles. The van der Waals surface area contributed by atoms with E-state index in [2.05, 4.69) is 15.2 Å². The molecule has 1 N–H and O–H groups in total. The summed E-state index contributed by atoms with van der Waals surface area (Å²) < 4.78 is 39.8. The van der Waals surface area contributed by atoms with Gasteiger partial charge >= 0.3 is 6.18 Å². The van der Waals surface area contributed by atoms with Gasteiger partial charge in [-0.2, -0.15) is 18.3 Å². The number of aromatic nitrogens is 4. The Balaban J connectivity index is 1.79. The highest BCUT2D eigenvalue weighted by Gasteiger charge is 2.36. The number of carbonyl (C=O) groups excluding carboxylic acids is 1. The molecule has 23 heavy (non-hydrogen) atoms. The minimum Gasteiger partial charge on any atom is -0.338 e. The fourth-order valence-electron chi connectivity index (χ4n) is 2.92. The standard InChI is InChI=1S/C14H16F3N5O/c1-21-8-11(14(15,16)17)20-12(21)9-3-2-4-22(7-9)13(23)10-5-18-19-6-10/h5-6,8-9H,2-4,7H2,1H3,(H,18,19)/t9-/m0/s1. The highest BCUT2D eigenvalue weighted by molar-refractivity contribution is 5.93. The second-order valence-electron chi connectivity index (χ2n) is 5.67. The Labute approximate surface area is 130 Å². The lowest BCUT2D eigenvalue weighted by molar-refractivity contribution is -0.141. The van der Waals surface area contributed by atoms with E-state index < -0.39 is 11.9 Å². The predicted octanol–water partition coefficient (Wildman–Crippen LogP) is 2.18. The molecular formula is C14H16F3N5O. The highest BCUT2D eigenvalue weighted by atomic mass is 19.4. The van der Waals surface area contributed by atoms with Crippen LogP contribution in [0.1, 0.15) is 40.6 Å². The Bertz CT molecular complexity index is 692. The average Bonchev–Trinajstić information content (AvgIpc) is 3.15. The Hall–Kier alpha value is -2.32. The van der Waals surface area contributed by atoms with E-state index in [1.54, 1.807) is 11.9 Å². The van der Waals surface area contributed by atoms with E-state index in [9.17, 15) is 18.0 Å². The molecule has 0 spiro atoms. The van der Waals surface area contributed by atoms with Crippen LogP contribution in [0.25, 0.3) is 0 Å². The van der Waals surface area contributed by atoms with Crippen LogP contribution in [0.3, 0.4) is 0 Å². The van der Waals surface area contributed by atoms with E-state index >= 15 is 0 Å². The van der Waals surface area contributed by atoms with E-state index in [1.165, 1.54) is 17.0 Å². The molecule has 6 nitrogen and oxygen atoms in total. The van der Waals surface area contributed by atoms with Gasteiger partial charge in [0.2, 0.25) is 0 Å². The summed E-state index contributed by atoms with van der Waals surface area (Å²) in [6.45, 7) is 0.934. The van der Waals surface area contributed by atoms with Crippen molar-refractivity contribution in [2.45, 2.75) is 24.9 Å². The quantitative estimate of drug-likeness (QED) is 0.919. The summed E-state index contributed by atoms with van der Waals surface area (Å²) in [5.74, 6) is -0.0172. The maximum absolute atomic E-state index is 12.8. The maximum Gasteiger partial charge on any atom is 0.434 e. The molecule has 3 rings (SSSR count). The number of nitrogens with one attached hydrogen (secondary N) is 1. The Morgan fingerprint density at radius 2 is 2.22 bits per heavy atom. The van der Waals surface area contributed by atoms with Crippen molar-refractivity contribution in [3.8, 4) is 0 Å². The van der Waals surface area contributed by atoms with Crippen LogP contribution < -0.4 is 0 Å². The van der Waals surface area contributed by atoms with Gasteiger partial charge in [0.15, 0.2) is 5.69 Å². The van der Waals surface area contributed by atoms with Crippen LogP contribution in [0, 0.1) is 0 Å². The molecule has 0 unspecified atom stereocenters. The largest absolute Gasteiger partial charge is 0.434 e. The predicted molar refractivity (Wildman–Crippen MR) is 74.7 cm³/mol. The minimum absolute atomic E-state index is 0.172. The third kappa shape index (κ3) is 3.08. The average molecular weight is 327 g/mol. The summed E-state index contributed by atoms with van der Waals surface area (Å²) in [4.78, 5) is 17.7. The van der Waals surface area contributed by atoms with Crippen molar-refractivity contribution >= 4 is 5.91 Å². The van der Waals surface area contributed by atoms with E-state index in [0.717, 1.165) is 12.6 Å². The van der Waals surface area contributed by atoms with Crippen LogP contribution in [0.2, 0.25) is 0 Å². The molecule has 9 heteroatoms. The fraction of sp³-hybridized carbons (Fsp3) is 0.500. The number of amides is 1. The lowest BCUT2D eigenvalue weighted by atomic mass is 9.96. The maximum atomic E-state index is 12.8. The van der Waals surface area contributed by atoms with Crippen LogP contribution in [0.15, 0.2) is 18.6 Å². The first-order chi connectivity index (χ1) is 10.9. The number of H-pyrrole nitrogens is 1. The van der Waals surface area contributed by atoms with Crippen molar-refractivity contribution in [2.24, 2.45) is 7.05 Å². The lowest BCUT2D eigenvalue weighted by Crippen LogP contribution is -2.39. The zero-order valence-electron chi connectivity index (χ0n) is 12.5. The van der Waals surface area contributed by atoms with Gasteiger partial charge in [0.25, 0.3) is 5.91 Å². The number of hydrogen-bond acceptors (Lipinski definition) is 3. The van der Waals surface area contributed by atoms with Gasteiger partial charge < -0.3 is 9.47 Å². The molecule has 1 fully saturated rings. The smallest absolute Gasteiger partial charge is 0.338 e. The van der Waals surface area contributed by atoms with Crippen molar-refractivity contribution in [1.29, 1.82) is 0 Å². The molecule has 1 saturated heterocycles. The second kappa shape index (κ2) is 5.71. The molecule has 124 valence electrons. The number of nitrogens with zero attached hydrogens (tertiary/aromatic N) is 4. The van der Waals surface area contributed by atoms with Crippen molar-refractivity contribution in [3.05, 3.63) is 35.7 Å². The van der Waals surface area contributed by atoms with Crippen LogP contribution in [0.5, 0.6) is 0 Å². The Kier molecular flexibility index (Phi) is 3.87. The first kappa shape index (κ1) is 15.6. The summed E-state index contributed by atoms with van der Waals surface area (Å²) in [5.41, 5.74) is -0.449. The van der Waals surface area contributed by atoms with Gasteiger partial charge in [-0.25, -0.2) is 4.98 Å². The number of carbonyl (C=O) groups is 1. The summed E-state index contributed by atoms with van der Waals surface area (Å²) >= 11 is 0. The third-order valence-electron chi connectivity index (χ3n) is 4.02. The van der Waals surface area contributed by atoms with Crippen molar-refractivity contribution in [2.75, 3.05) is 13.1 Å². The Morgan fingerprint density at radius 1 is 1.43 bits per heavy atom. The number of hydrogen-bond donors (Lipinski definition) is 1. The van der Waals surface area contributed by atoms with Crippen LogP contribution in [0.4, 0.5) is 13.2 Å². The van der Waals surface area contributed by atoms with Crippen molar-refractivity contribution in [1.82, 2.24) is 24.6 Å². The summed E-state index contributed by atoms with van der Waals surface area (Å²) in [5, 5.41) is 6.33. The first-order valence-electron chi connectivity index (χ1n) is 7.25. The summed E-state index contributed by atoms with van der Waals surface area (Å²) in [6, 6.07) is 0. The molecule has 1 atom stereocenters. The molecule has 1 amide bonds. The molecule has 1 aliphatic rings. The summed E-state index contributed by atoms with van der Waals surface area (Å²) in [6.07, 6.45) is 0.909. The zero-order chi connectivity index (χ0) is 16.6. The lowest BCUT2D eigenvalue weighted by Gasteiger charge is -2.32. The number of aromatic amines is 1. The molecule has 0 saturated carbocycles. The zero-order valence-corrected chi connectivity index (χ0v) is 12.5. The van der Waals surface area contributed by atoms with Crippen LogP contribution >= 0.6 is 0 Å². The molecular weight excluding hydrogens is 311 g/mol. The van der Waals surface area contributed by atoms with Crippen LogP contribution in [-0.4, -0.2) is 43.6 Å². The van der Waals surface area contributed by atoms with Crippen molar-refractivity contribution < 1.29 is 18.0 Å². The highest BCUT2D eigenvalue weighted by Crippen LogP contribution is 2.32. The minimum atomic E-state index is -4.46. The molecule has 3 heterocycles. The molecule has 0 aliphatic carbocycles. The number of imidazole rings is 1. The van der Waals surface area contributed by atoms with Gasteiger partial charge in [0, 0.05) is 38.4 Å². The number of alkyl halides is 3. The molecule has 2 aromatic rings. The number of rotatable bonds is 2. The summed E-state index contributed by atoms with van der Waals surface area (Å²) in [7, 11) is 1.55. The number of aryl methyl sites for hydroxylation is 1. The normalized spacial score (nSPS) is 19.1. The third-order valence-corrected chi connectivity index (χ3v) is 4.02. The second-order valence-corrected chi connectivity index (χ2v) is 5.67. The van der Waals surface area contributed by atoms with Gasteiger partial charge in [0.05, 0.1) is 11.8 Å². The van der Waals surface area contributed by atoms with Gasteiger partial charge in [-0.3, -0.25) is 9.89 Å². The first-order valence-corrected chi connectivity index (χ1v) is 7.25. The number of likely N-dealkylation sites (tertiary alicyclic amines) is 1. The van der Waals surface area contributed by atoms with Gasteiger partial charge in [-0.15, -0.1) is 0 Å².